The molecule has 7 heteroatoms. The highest BCUT2D eigenvalue weighted by atomic mass is 35.5. The van der Waals surface area contributed by atoms with E-state index in [1.54, 1.807) is 31.4 Å². The van der Waals surface area contributed by atoms with Crippen LogP contribution in [0.1, 0.15) is 0 Å². The quantitative estimate of drug-likeness (QED) is 0.538. The third kappa shape index (κ3) is 2.41. The van der Waals surface area contributed by atoms with Crippen molar-refractivity contribution in [3.05, 3.63) is 51.5 Å². The van der Waals surface area contributed by atoms with Gasteiger partial charge in [0.2, 0.25) is 5.89 Å². The van der Waals surface area contributed by atoms with Crippen LogP contribution < -0.4 is 4.74 Å². The number of oxazole rings is 1. The van der Waals surface area contributed by atoms with Crippen LogP contribution in [0.5, 0.6) is 5.75 Å². The number of benzene rings is 2. The number of ether oxygens (including phenoxy) is 1. The van der Waals surface area contributed by atoms with E-state index in [1.807, 2.05) is 0 Å². The Labute approximate surface area is 124 Å². The van der Waals surface area contributed by atoms with Gasteiger partial charge in [0, 0.05) is 17.2 Å². The average Bonchev–Trinajstić information content (AvgIpc) is 2.89. The summed E-state index contributed by atoms with van der Waals surface area (Å²) in [5.74, 6) is 0.801. The van der Waals surface area contributed by atoms with Gasteiger partial charge in [0.25, 0.3) is 5.69 Å². The van der Waals surface area contributed by atoms with E-state index in [4.69, 9.17) is 20.8 Å². The molecule has 0 fully saturated rings. The number of rotatable bonds is 3. The molecule has 0 aliphatic heterocycles. The van der Waals surface area contributed by atoms with E-state index >= 15 is 0 Å². The van der Waals surface area contributed by atoms with Gasteiger partial charge in [-0.05, 0) is 24.3 Å². The topological polar surface area (TPSA) is 78.4 Å². The van der Waals surface area contributed by atoms with Crippen molar-refractivity contribution in [1.29, 1.82) is 0 Å². The lowest BCUT2D eigenvalue weighted by molar-refractivity contribution is -0.384. The lowest BCUT2D eigenvalue weighted by Gasteiger charge is -1.98. The Morgan fingerprint density at radius 1 is 1.29 bits per heavy atom. The molecule has 0 aliphatic rings. The van der Waals surface area contributed by atoms with Crippen LogP contribution in [-0.4, -0.2) is 17.0 Å². The van der Waals surface area contributed by atoms with Crippen molar-refractivity contribution in [1.82, 2.24) is 4.98 Å². The minimum absolute atomic E-state index is 0.152. The Morgan fingerprint density at radius 2 is 2.10 bits per heavy atom. The molecule has 6 nitrogen and oxygen atoms in total. The minimum atomic E-state index is -0.517. The Bertz CT molecular complexity index is 844. The van der Waals surface area contributed by atoms with Crippen LogP contribution in [0, 0.1) is 10.1 Å². The van der Waals surface area contributed by atoms with Crippen molar-refractivity contribution < 1.29 is 14.1 Å². The standard InChI is InChI=1S/C14H9ClN2O4/c1-20-9-3-5-13-11(7-9)16-14(21-13)10-4-2-8(15)6-12(10)17(18)19/h2-7H,1H3. The van der Waals surface area contributed by atoms with Crippen LogP contribution in [0.4, 0.5) is 5.69 Å². The molecule has 0 N–H and O–H groups in total. The zero-order valence-electron chi connectivity index (χ0n) is 10.9. The van der Waals surface area contributed by atoms with Gasteiger partial charge in [-0.3, -0.25) is 10.1 Å². The van der Waals surface area contributed by atoms with Crippen LogP contribution in [0.15, 0.2) is 40.8 Å². The fraction of sp³-hybridized carbons (Fsp3) is 0.0714. The van der Waals surface area contributed by atoms with Gasteiger partial charge in [0.1, 0.15) is 16.8 Å². The van der Waals surface area contributed by atoms with Crippen LogP contribution in [0.25, 0.3) is 22.6 Å². The highest BCUT2D eigenvalue weighted by Gasteiger charge is 2.20. The summed E-state index contributed by atoms with van der Waals surface area (Å²) in [6.45, 7) is 0. The third-order valence-electron chi connectivity index (χ3n) is 2.98. The molecule has 3 aromatic rings. The van der Waals surface area contributed by atoms with Gasteiger partial charge in [0.15, 0.2) is 5.58 Å². The van der Waals surface area contributed by atoms with Crippen LogP contribution in [0.3, 0.4) is 0 Å². The predicted octanol–water partition coefficient (Wildman–Crippen LogP) is 4.07. The normalized spacial score (nSPS) is 10.8. The van der Waals surface area contributed by atoms with Crippen molar-refractivity contribution in [2.75, 3.05) is 7.11 Å². The minimum Gasteiger partial charge on any atom is -0.497 e. The predicted molar refractivity (Wildman–Crippen MR) is 77.7 cm³/mol. The van der Waals surface area contributed by atoms with Gasteiger partial charge in [0.05, 0.1) is 12.0 Å². The number of fused-ring (bicyclic) bond motifs is 1. The highest BCUT2D eigenvalue weighted by Crippen LogP contribution is 2.34. The van der Waals surface area contributed by atoms with Crippen LogP contribution in [0.2, 0.25) is 5.02 Å². The molecule has 21 heavy (non-hydrogen) atoms. The zero-order chi connectivity index (χ0) is 15.0. The van der Waals surface area contributed by atoms with Crippen LogP contribution >= 0.6 is 11.6 Å². The Hall–Kier alpha value is -2.60. The maximum absolute atomic E-state index is 11.1. The van der Waals surface area contributed by atoms with Crippen LogP contribution in [-0.2, 0) is 0 Å². The summed E-state index contributed by atoms with van der Waals surface area (Å²) in [4.78, 5) is 14.9. The van der Waals surface area contributed by atoms with Gasteiger partial charge in [-0.25, -0.2) is 4.98 Å². The second-order valence-electron chi connectivity index (χ2n) is 4.27. The molecular formula is C14H9ClN2O4. The summed E-state index contributed by atoms with van der Waals surface area (Å²) in [6, 6.07) is 9.47. The molecule has 106 valence electrons. The van der Waals surface area contributed by atoms with Crippen molar-refractivity contribution in [2.24, 2.45) is 0 Å². The van der Waals surface area contributed by atoms with E-state index in [0.717, 1.165) is 0 Å². The number of aromatic nitrogens is 1. The third-order valence-corrected chi connectivity index (χ3v) is 3.22. The first-order valence-corrected chi connectivity index (χ1v) is 6.35. The molecule has 0 saturated carbocycles. The molecule has 0 bridgehead atoms. The highest BCUT2D eigenvalue weighted by molar-refractivity contribution is 6.30. The molecule has 0 atom stereocenters. The Balaban J connectivity index is 2.18. The first-order chi connectivity index (χ1) is 10.1. The van der Waals surface area contributed by atoms with Gasteiger partial charge >= 0.3 is 0 Å². The maximum Gasteiger partial charge on any atom is 0.283 e. The molecule has 0 aliphatic carbocycles. The number of nitro benzene ring substituents is 1. The number of methoxy groups -OCH3 is 1. The monoisotopic (exact) mass is 304 g/mol. The van der Waals surface area contributed by atoms with Gasteiger partial charge in [-0.1, -0.05) is 11.6 Å². The number of hydrogen-bond acceptors (Lipinski definition) is 5. The number of hydrogen-bond donors (Lipinski definition) is 0. The fourth-order valence-corrected chi connectivity index (χ4v) is 2.15. The first-order valence-electron chi connectivity index (χ1n) is 5.97. The van der Waals surface area contributed by atoms with Crippen molar-refractivity contribution in [3.8, 4) is 17.2 Å². The average molecular weight is 305 g/mol. The summed E-state index contributed by atoms with van der Waals surface area (Å²) >= 11 is 5.79. The van der Waals surface area contributed by atoms with Gasteiger partial charge < -0.3 is 9.15 Å². The van der Waals surface area contributed by atoms with Crippen molar-refractivity contribution in [2.45, 2.75) is 0 Å². The Kier molecular flexibility index (Phi) is 3.23. The van der Waals surface area contributed by atoms with E-state index in [1.165, 1.54) is 12.1 Å². The molecule has 0 spiro atoms. The van der Waals surface area contributed by atoms with E-state index in [0.29, 0.717) is 16.8 Å². The lowest BCUT2D eigenvalue weighted by atomic mass is 10.2. The summed E-state index contributed by atoms with van der Waals surface area (Å²) < 4.78 is 10.7. The van der Waals surface area contributed by atoms with Crippen molar-refractivity contribution >= 4 is 28.4 Å². The summed E-state index contributed by atoms with van der Waals surface area (Å²) in [6.07, 6.45) is 0. The Morgan fingerprint density at radius 3 is 2.81 bits per heavy atom. The maximum atomic E-state index is 11.1. The number of nitro groups is 1. The number of halogens is 1. The fourth-order valence-electron chi connectivity index (χ4n) is 1.99. The largest absolute Gasteiger partial charge is 0.497 e. The molecular weight excluding hydrogens is 296 g/mol. The van der Waals surface area contributed by atoms with E-state index in [2.05, 4.69) is 4.98 Å². The second-order valence-corrected chi connectivity index (χ2v) is 4.71. The molecule has 1 aromatic heterocycles. The van der Waals surface area contributed by atoms with E-state index in [9.17, 15) is 10.1 Å². The molecule has 0 radical (unpaired) electrons. The van der Waals surface area contributed by atoms with E-state index in [-0.39, 0.29) is 22.2 Å². The molecule has 0 amide bonds. The molecule has 0 unspecified atom stereocenters. The van der Waals surface area contributed by atoms with Gasteiger partial charge in [-0.15, -0.1) is 0 Å². The lowest BCUT2D eigenvalue weighted by Crippen LogP contribution is -1.92. The van der Waals surface area contributed by atoms with E-state index < -0.39 is 4.92 Å². The SMILES string of the molecule is COc1ccc2oc(-c3ccc(Cl)cc3[N+](=O)[O-])nc2c1. The molecule has 3 rings (SSSR count). The smallest absolute Gasteiger partial charge is 0.283 e. The zero-order valence-corrected chi connectivity index (χ0v) is 11.6. The summed E-state index contributed by atoms with van der Waals surface area (Å²) in [5, 5.41) is 11.4. The summed E-state index contributed by atoms with van der Waals surface area (Å²) in [7, 11) is 1.55. The van der Waals surface area contributed by atoms with Crippen molar-refractivity contribution in [3.63, 3.8) is 0 Å². The molecule has 0 saturated heterocycles. The number of nitrogens with zero attached hydrogens (tertiary/aromatic N) is 2. The molecule has 2 aromatic carbocycles. The van der Waals surface area contributed by atoms with Gasteiger partial charge in [-0.2, -0.15) is 0 Å². The molecule has 1 heterocycles. The second kappa shape index (κ2) is 5.06. The first kappa shape index (κ1) is 13.4. The summed E-state index contributed by atoms with van der Waals surface area (Å²) in [5.41, 5.74) is 1.21.